The highest BCUT2D eigenvalue weighted by Crippen LogP contribution is 2.40. The Balaban J connectivity index is 1.97. The van der Waals surface area contributed by atoms with Crippen molar-refractivity contribution in [1.82, 2.24) is 0 Å². The Morgan fingerprint density at radius 2 is 2.24 bits per heavy atom. The highest BCUT2D eigenvalue weighted by molar-refractivity contribution is 7.07. The summed E-state index contributed by atoms with van der Waals surface area (Å²) < 4.78 is 19.0. The van der Waals surface area contributed by atoms with Crippen LogP contribution in [-0.2, 0) is 0 Å². The van der Waals surface area contributed by atoms with E-state index in [0.717, 1.165) is 17.5 Å². The van der Waals surface area contributed by atoms with E-state index in [4.69, 9.17) is 10.5 Å². The van der Waals surface area contributed by atoms with E-state index in [-0.39, 0.29) is 18.0 Å². The summed E-state index contributed by atoms with van der Waals surface area (Å²) in [5, 5.41) is 4.05. The number of halogens is 1. The van der Waals surface area contributed by atoms with Crippen molar-refractivity contribution in [1.29, 1.82) is 0 Å². The molecule has 2 N–H and O–H groups in total. The second-order valence-electron chi connectivity index (χ2n) is 4.19. The van der Waals surface area contributed by atoms with Gasteiger partial charge in [0, 0.05) is 29.7 Å². The van der Waals surface area contributed by atoms with Crippen LogP contribution in [-0.4, -0.2) is 0 Å². The van der Waals surface area contributed by atoms with E-state index in [0.29, 0.717) is 5.75 Å². The number of fused-ring (bicyclic) bond motifs is 1. The molecule has 17 heavy (non-hydrogen) atoms. The molecule has 0 amide bonds. The van der Waals surface area contributed by atoms with Crippen LogP contribution in [0.25, 0.3) is 0 Å². The van der Waals surface area contributed by atoms with Crippen molar-refractivity contribution in [2.75, 3.05) is 0 Å². The molecule has 4 heteroatoms. The van der Waals surface area contributed by atoms with Gasteiger partial charge in [-0.05, 0) is 22.9 Å². The third-order valence-corrected chi connectivity index (χ3v) is 3.73. The first-order valence-corrected chi connectivity index (χ1v) is 6.42. The van der Waals surface area contributed by atoms with Crippen molar-refractivity contribution in [2.24, 2.45) is 5.73 Å². The Hall–Kier alpha value is -1.39. The van der Waals surface area contributed by atoms with Crippen molar-refractivity contribution in [2.45, 2.75) is 18.6 Å². The first-order chi connectivity index (χ1) is 8.24. The van der Waals surface area contributed by atoms with Crippen molar-refractivity contribution >= 4 is 11.3 Å². The van der Waals surface area contributed by atoms with Gasteiger partial charge in [-0.25, -0.2) is 4.39 Å². The van der Waals surface area contributed by atoms with Crippen molar-refractivity contribution in [3.63, 3.8) is 0 Å². The van der Waals surface area contributed by atoms with Crippen LogP contribution >= 0.6 is 11.3 Å². The molecule has 88 valence electrons. The number of thiophene rings is 1. The molecule has 1 aromatic heterocycles. The first-order valence-electron chi connectivity index (χ1n) is 5.48. The fraction of sp³-hybridized carbons (Fsp3) is 0.231. The Kier molecular flexibility index (Phi) is 2.61. The molecule has 2 nitrogen and oxygen atoms in total. The molecule has 2 atom stereocenters. The van der Waals surface area contributed by atoms with E-state index in [1.807, 2.05) is 16.8 Å². The van der Waals surface area contributed by atoms with Crippen molar-refractivity contribution in [3.8, 4) is 5.75 Å². The minimum absolute atomic E-state index is 0.0643. The van der Waals surface area contributed by atoms with Gasteiger partial charge in [0.1, 0.15) is 17.7 Å². The van der Waals surface area contributed by atoms with Crippen LogP contribution in [0.4, 0.5) is 4.39 Å². The van der Waals surface area contributed by atoms with Gasteiger partial charge in [0.05, 0.1) is 0 Å². The molecule has 2 aromatic rings. The van der Waals surface area contributed by atoms with E-state index < -0.39 is 0 Å². The maximum atomic E-state index is 13.2. The molecule has 0 fully saturated rings. The number of rotatable bonds is 1. The van der Waals surface area contributed by atoms with E-state index in [1.54, 1.807) is 17.4 Å². The van der Waals surface area contributed by atoms with Crippen LogP contribution in [0.5, 0.6) is 5.75 Å². The highest BCUT2D eigenvalue weighted by atomic mass is 32.1. The number of ether oxygens (including phenoxy) is 1. The van der Waals surface area contributed by atoms with Crippen molar-refractivity contribution < 1.29 is 9.13 Å². The molecular weight excluding hydrogens is 237 g/mol. The highest BCUT2D eigenvalue weighted by Gasteiger charge is 2.27. The zero-order valence-electron chi connectivity index (χ0n) is 9.10. The van der Waals surface area contributed by atoms with Crippen molar-refractivity contribution in [3.05, 3.63) is 52.0 Å². The zero-order valence-corrected chi connectivity index (χ0v) is 9.91. The maximum Gasteiger partial charge on any atom is 0.127 e. The SMILES string of the molecule is N[C@H]1CC(c2ccsc2)Oc2cc(F)ccc21. The molecule has 1 aliphatic heterocycles. The lowest BCUT2D eigenvalue weighted by Crippen LogP contribution is -2.23. The lowest BCUT2D eigenvalue weighted by molar-refractivity contribution is 0.161. The topological polar surface area (TPSA) is 35.2 Å². The predicted molar refractivity (Wildman–Crippen MR) is 65.6 cm³/mol. The molecule has 1 aliphatic rings. The Morgan fingerprint density at radius 3 is 3.00 bits per heavy atom. The fourth-order valence-electron chi connectivity index (χ4n) is 2.14. The summed E-state index contributed by atoms with van der Waals surface area (Å²) >= 11 is 1.62. The molecule has 0 aliphatic carbocycles. The van der Waals surface area contributed by atoms with E-state index in [2.05, 4.69) is 0 Å². The van der Waals surface area contributed by atoms with Gasteiger partial charge in [0.25, 0.3) is 0 Å². The summed E-state index contributed by atoms with van der Waals surface area (Å²) in [7, 11) is 0. The maximum absolute atomic E-state index is 13.2. The molecule has 0 bridgehead atoms. The number of hydrogen-bond acceptors (Lipinski definition) is 3. The van der Waals surface area contributed by atoms with Gasteiger partial charge in [-0.1, -0.05) is 6.07 Å². The third kappa shape index (κ3) is 1.94. The summed E-state index contributed by atoms with van der Waals surface area (Å²) in [4.78, 5) is 0. The monoisotopic (exact) mass is 249 g/mol. The molecular formula is C13H12FNOS. The summed E-state index contributed by atoms with van der Waals surface area (Å²) in [6, 6.07) is 6.47. The Labute approximate surface area is 103 Å². The quantitative estimate of drug-likeness (QED) is 0.840. The summed E-state index contributed by atoms with van der Waals surface area (Å²) in [5.74, 6) is 0.280. The number of benzene rings is 1. The van der Waals surface area contributed by atoms with Crippen LogP contribution in [0, 0.1) is 5.82 Å². The first kappa shape index (κ1) is 10.7. The third-order valence-electron chi connectivity index (χ3n) is 3.03. The standard InChI is InChI=1S/C13H12FNOS/c14-9-1-2-10-11(15)6-12(16-13(10)5-9)8-3-4-17-7-8/h1-5,7,11-12H,6,15H2/t11-,12?/m0/s1. The molecule has 0 saturated carbocycles. The van der Waals surface area contributed by atoms with E-state index in [1.165, 1.54) is 12.1 Å². The summed E-state index contributed by atoms with van der Waals surface area (Å²) in [5.41, 5.74) is 8.09. The van der Waals surface area contributed by atoms with E-state index >= 15 is 0 Å². The van der Waals surface area contributed by atoms with Gasteiger partial charge < -0.3 is 10.5 Å². The normalized spacial score (nSPS) is 22.9. The minimum Gasteiger partial charge on any atom is -0.485 e. The van der Waals surface area contributed by atoms with Gasteiger partial charge in [-0.15, -0.1) is 0 Å². The molecule has 1 aromatic carbocycles. The molecule has 0 spiro atoms. The van der Waals surface area contributed by atoms with Gasteiger partial charge in [0.2, 0.25) is 0 Å². The average Bonchev–Trinajstić information content (AvgIpc) is 2.81. The van der Waals surface area contributed by atoms with E-state index in [9.17, 15) is 4.39 Å². The number of hydrogen-bond donors (Lipinski definition) is 1. The molecule has 2 heterocycles. The van der Waals surface area contributed by atoms with Crippen LogP contribution in [0.3, 0.4) is 0 Å². The minimum atomic E-state index is -0.290. The lowest BCUT2D eigenvalue weighted by Gasteiger charge is -2.30. The van der Waals surface area contributed by atoms with Crippen LogP contribution in [0.1, 0.15) is 29.7 Å². The van der Waals surface area contributed by atoms with Crippen LogP contribution < -0.4 is 10.5 Å². The second kappa shape index (κ2) is 4.13. The predicted octanol–water partition coefficient (Wildman–Crippen LogP) is 3.41. The molecule has 1 unspecified atom stereocenters. The van der Waals surface area contributed by atoms with Crippen LogP contribution in [0.2, 0.25) is 0 Å². The van der Waals surface area contributed by atoms with Crippen LogP contribution in [0.15, 0.2) is 35.0 Å². The lowest BCUT2D eigenvalue weighted by atomic mass is 9.95. The summed E-state index contributed by atoms with van der Waals surface area (Å²) in [6.07, 6.45) is 0.667. The summed E-state index contributed by atoms with van der Waals surface area (Å²) in [6.45, 7) is 0. The van der Waals surface area contributed by atoms with Gasteiger partial charge >= 0.3 is 0 Å². The smallest absolute Gasteiger partial charge is 0.127 e. The number of nitrogens with two attached hydrogens (primary N) is 1. The fourth-order valence-corrected chi connectivity index (χ4v) is 2.84. The molecule has 0 saturated heterocycles. The zero-order chi connectivity index (χ0) is 11.8. The average molecular weight is 249 g/mol. The largest absolute Gasteiger partial charge is 0.485 e. The Morgan fingerprint density at radius 1 is 1.35 bits per heavy atom. The van der Waals surface area contributed by atoms with Gasteiger partial charge in [-0.2, -0.15) is 11.3 Å². The second-order valence-corrected chi connectivity index (χ2v) is 4.97. The molecule has 0 radical (unpaired) electrons. The van der Waals surface area contributed by atoms with Gasteiger partial charge in [-0.3, -0.25) is 0 Å². The Bertz CT molecular complexity index is 526. The van der Waals surface area contributed by atoms with Gasteiger partial charge in [0.15, 0.2) is 0 Å². The molecule has 3 rings (SSSR count).